The van der Waals surface area contributed by atoms with Gasteiger partial charge in [-0.3, -0.25) is 4.68 Å². The lowest BCUT2D eigenvalue weighted by Crippen LogP contribution is -2.31. The first-order valence-electron chi connectivity index (χ1n) is 7.24. The van der Waals surface area contributed by atoms with Crippen LogP contribution in [0.5, 0.6) is 0 Å². The number of aromatic nitrogens is 4. The van der Waals surface area contributed by atoms with Crippen LogP contribution in [0.15, 0.2) is 30.7 Å². The van der Waals surface area contributed by atoms with Gasteiger partial charge in [0.25, 0.3) is 0 Å². The summed E-state index contributed by atoms with van der Waals surface area (Å²) >= 11 is 0. The van der Waals surface area contributed by atoms with Gasteiger partial charge in [-0.15, -0.1) is 0 Å². The number of fused-ring (bicyclic) bond motifs is 1. The predicted octanol–water partition coefficient (Wildman–Crippen LogP) is 2.39. The summed E-state index contributed by atoms with van der Waals surface area (Å²) in [6, 6.07) is 6.41. The molecule has 4 rings (SSSR count). The van der Waals surface area contributed by atoms with E-state index in [9.17, 15) is 0 Å². The van der Waals surface area contributed by atoms with E-state index in [1.165, 1.54) is 16.5 Å². The van der Waals surface area contributed by atoms with Gasteiger partial charge < -0.3 is 9.30 Å². The summed E-state index contributed by atoms with van der Waals surface area (Å²) in [6.45, 7) is 4.70. The van der Waals surface area contributed by atoms with Crippen molar-refractivity contribution in [2.45, 2.75) is 13.5 Å². The standard InChI is InChI=1S/C16H18N4O/c1-11-6-19(2)15-4-3-13(5-14(11)15)16-17-10-20(18-16)7-12-8-21-9-12/h3-6,10,12H,7-9H2,1-2H3. The Morgan fingerprint density at radius 3 is 2.95 bits per heavy atom. The molecule has 0 radical (unpaired) electrons. The largest absolute Gasteiger partial charge is 0.381 e. The van der Waals surface area contributed by atoms with Gasteiger partial charge in [0.05, 0.1) is 13.2 Å². The van der Waals surface area contributed by atoms with Gasteiger partial charge in [-0.05, 0) is 30.7 Å². The van der Waals surface area contributed by atoms with E-state index in [0.717, 1.165) is 31.1 Å². The summed E-state index contributed by atoms with van der Waals surface area (Å²) in [4.78, 5) is 4.45. The second-order valence-corrected chi connectivity index (χ2v) is 5.85. The van der Waals surface area contributed by atoms with Gasteiger partial charge in [-0.25, -0.2) is 4.98 Å². The third-order valence-electron chi connectivity index (χ3n) is 4.14. The summed E-state index contributed by atoms with van der Waals surface area (Å²) in [5.74, 6) is 1.37. The quantitative estimate of drug-likeness (QED) is 0.741. The Kier molecular flexibility index (Phi) is 2.82. The first-order valence-corrected chi connectivity index (χ1v) is 7.24. The van der Waals surface area contributed by atoms with Crippen LogP contribution in [0.3, 0.4) is 0 Å². The van der Waals surface area contributed by atoms with Crippen LogP contribution in [0.1, 0.15) is 5.56 Å². The Morgan fingerprint density at radius 2 is 2.19 bits per heavy atom. The average Bonchev–Trinajstić information content (AvgIpc) is 3.00. The van der Waals surface area contributed by atoms with Gasteiger partial charge in [0.1, 0.15) is 6.33 Å². The Hall–Kier alpha value is -2.14. The molecule has 0 atom stereocenters. The highest BCUT2D eigenvalue weighted by atomic mass is 16.5. The summed E-state index contributed by atoms with van der Waals surface area (Å²) in [6.07, 6.45) is 3.97. The minimum Gasteiger partial charge on any atom is -0.381 e. The van der Waals surface area contributed by atoms with E-state index in [0.29, 0.717) is 5.92 Å². The summed E-state index contributed by atoms with van der Waals surface area (Å²) < 4.78 is 9.27. The van der Waals surface area contributed by atoms with E-state index in [-0.39, 0.29) is 0 Å². The van der Waals surface area contributed by atoms with E-state index in [4.69, 9.17) is 4.74 Å². The molecule has 1 aliphatic heterocycles. The zero-order chi connectivity index (χ0) is 14.4. The number of hydrogen-bond donors (Lipinski definition) is 0. The zero-order valence-corrected chi connectivity index (χ0v) is 12.3. The lowest BCUT2D eigenvalue weighted by atomic mass is 10.1. The highest BCUT2D eigenvalue weighted by molar-refractivity contribution is 5.87. The fourth-order valence-corrected chi connectivity index (χ4v) is 2.90. The first kappa shape index (κ1) is 12.6. The van der Waals surface area contributed by atoms with Crippen molar-refractivity contribution in [3.63, 3.8) is 0 Å². The SMILES string of the molecule is Cc1cn(C)c2ccc(-c3ncn(CC4COC4)n3)cc12. The molecule has 0 bridgehead atoms. The Labute approximate surface area is 123 Å². The van der Waals surface area contributed by atoms with Crippen molar-refractivity contribution in [1.82, 2.24) is 19.3 Å². The van der Waals surface area contributed by atoms with Gasteiger partial charge in [-0.1, -0.05) is 0 Å². The molecule has 0 saturated carbocycles. The van der Waals surface area contributed by atoms with Crippen molar-refractivity contribution in [3.8, 4) is 11.4 Å². The molecule has 3 heterocycles. The number of hydrogen-bond acceptors (Lipinski definition) is 3. The van der Waals surface area contributed by atoms with E-state index >= 15 is 0 Å². The fraction of sp³-hybridized carbons (Fsp3) is 0.375. The Balaban J connectivity index is 1.67. The molecule has 1 aliphatic rings. The average molecular weight is 282 g/mol. The number of benzene rings is 1. The maximum absolute atomic E-state index is 5.20. The molecule has 1 aromatic carbocycles. The Morgan fingerprint density at radius 1 is 1.33 bits per heavy atom. The molecule has 5 nitrogen and oxygen atoms in total. The Bertz CT molecular complexity index is 798. The van der Waals surface area contributed by atoms with Crippen molar-refractivity contribution in [2.75, 3.05) is 13.2 Å². The molecule has 0 N–H and O–H groups in total. The molecule has 21 heavy (non-hydrogen) atoms. The summed E-state index contributed by atoms with van der Waals surface area (Å²) in [7, 11) is 2.07. The molecule has 0 spiro atoms. The summed E-state index contributed by atoms with van der Waals surface area (Å²) in [5, 5.41) is 5.85. The molecular formula is C16H18N4O. The third kappa shape index (κ3) is 2.14. The minimum atomic E-state index is 0.582. The van der Waals surface area contributed by atoms with Gasteiger partial charge >= 0.3 is 0 Å². The summed E-state index contributed by atoms with van der Waals surface area (Å²) in [5.41, 5.74) is 3.59. The van der Waals surface area contributed by atoms with Crippen LogP contribution in [-0.4, -0.2) is 32.5 Å². The highest BCUT2D eigenvalue weighted by Crippen LogP contribution is 2.25. The molecular weight excluding hydrogens is 264 g/mol. The van der Waals surface area contributed by atoms with Crippen LogP contribution >= 0.6 is 0 Å². The lowest BCUT2D eigenvalue weighted by Gasteiger charge is -2.25. The van der Waals surface area contributed by atoms with Crippen LogP contribution in [0.4, 0.5) is 0 Å². The number of ether oxygens (including phenoxy) is 1. The normalized spacial score (nSPS) is 15.5. The number of nitrogens with zero attached hydrogens (tertiary/aromatic N) is 4. The number of rotatable bonds is 3. The molecule has 2 aromatic heterocycles. The van der Waals surface area contributed by atoms with Crippen molar-refractivity contribution in [3.05, 3.63) is 36.3 Å². The zero-order valence-electron chi connectivity index (χ0n) is 12.3. The van der Waals surface area contributed by atoms with Crippen molar-refractivity contribution in [2.24, 2.45) is 13.0 Å². The van der Waals surface area contributed by atoms with Gasteiger partial charge in [0.2, 0.25) is 0 Å². The van der Waals surface area contributed by atoms with E-state index in [2.05, 4.69) is 53.0 Å². The second-order valence-electron chi connectivity index (χ2n) is 5.85. The van der Waals surface area contributed by atoms with Gasteiger partial charge in [-0.2, -0.15) is 5.10 Å². The van der Waals surface area contributed by atoms with E-state index in [1.54, 1.807) is 0 Å². The minimum absolute atomic E-state index is 0.582. The third-order valence-corrected chi connectivity index (χ3v) is 4.14. The van der Waals surface area contributed by atoms with Crippen molar-refractivity contribution in [1.29, 1.82) is 0 Å². The van der Waals surface area contributed by atoms with Crippen LogP contribution in [0.2, 0.25) is 0 Å². The predicted molar refractivity (Wildman–Crippen MR) is 81.0 cm³/mol. The molecule has 5 heteroatoms. The molecule has 0 unspecified atom stereocenters. The van der Waals surface area contributed by atoms with Gasteiger partial charge in [0, 0.05) is 42.2 Å². The maximum Gasteiger partial charge on any atom is 0.181 e. The van der Waals surface area contributed by atoms with E-state index in [1.807, 2.05) is 11.0 Å². The first-order chi connectivity index (χ1) is 10.2. The topological polar surface area (TPSA) is 44.9 Å². The second kappa shape index (κ2) is 4.70. The van der Waals surface area contributed by atoms with Crippen LogP contribution in [0, 0.1) is 12.8 Å². The maximum atomic E-state index is 5.20. The molecule has 0 amide bonds. The highest BCUT2D eigenvalue weighted by Gasteiger charge is 2.19. The fourth-order valence-electron chi connectivity index (χ4n) is 2.90. The molecule has 1 saturated heterocycles. The van der Waals surface area contributed by atoms with Crippen LogP contribution < -0.4 is 0 Å². The molecule has 3 aromatic rings. The van der Waals surface area contributed by atoms with Crippen LogP contribution in [0.25, 0.3) is 22.3 Å². The van der Waals surface area contributed by atoms with Crippen molar-refractivity contribution >= 4 is 10.9 Å². The lowest BCUT2D eigenvalue weighted by molar-refractivity contribution is -0.0408. The van der Waals surface area contributed by atoms with Crippen LogP contribution in [-0.2, 0) is 18.3 Å². The molecule has 1 fully saturated rings. The molecule has 0 aliphatic carbocycles. The monoisotopic (exact) mass is 282 g/mol. The van der Waals surface area contributed by atoms with Gasteiger partial charge in [0.15, 0.2) is 5.82 Å². The smallest absolute Gasteiger partial charge is 0.181 e. The van der Waals surface area contributed by atoms with Crippen molar-refractivity contribution < 1.29 is 4.74 Å². The number of aryl methyl sites for hydroxylation is 2. The molecule has 108 valence electrons. The van der Waals surface area contributed by atoms with E-state index < -0.39 is 0 Å².